The van der Waals surface area contributed by atoms with Crippen LogP contribution in [0.3, 0.4) is 0 Å². The fourth-order valence-corrected chi connectivity index (χ4v) is 2.85. The largest absolute Gasteiger partial charge is 0.493 e. The fourth-order valence-electron chi connectivity index (χ4n) is 2.14. The van der Waals surface area contributed by atoms with Crippen molar-refractivity contribution >= 4 is 23.0 Å². The number of rotatable bonds is 8. The van der Waals surface area contributed by atoms with Crippen molar-refractivity contribution < 1.29 is 19.1 Å². The van der Waals surface area contributed by atoms with E-state index in [-0.39, 0.29) is 11.6 Å². The van der Waals surface area contributed by atoms with Gasteiger partial charge in [0.2, 0.25) is 0 Å². The molecule has 0 bridgehead atoms. The minimum Gasteiger partial charge on any atom is -0.493 e. The molecule has 7 heteroatoms. The van der Waals surface area contributed by atoms with Gasteiger partial charge in [-0.1, -0.05) is 17.3 Å². The molecule has 24 heavy (non-hydrogen) atoms. The van der Waals surface area contributed by atoms with Crippen molar-refractivity contribution in [1.82, 2.24) is 5.32 Å². The molecular formula is C17H20N2O4S. The average molecular weight is 348 g/mol. The zero-order valence-electron chi connectivity index (χ0n) is 13.9. The molecule has 0 aliphatic rings. The van der Waals surface area contributed by atoms with Crippen molar-refractivity contribution in [3.8, 4) is 11.5 Å². The molecule has 1 heterocycles. The molecule has 0 atom stereocenters. The Kier molecular flexibility index (Phi) is 6.62. The molecule has 0 aliphatic carbocycles. The molecule has 2 aromatic rings. The van der Waals surface area contributed by atoms with Crippen LogP contribution < -0.4 is 14.8 Å². The normalized spacial score (nSPS) is 11.0. The first kappa shape index (κ1) is 17.8. The highest BCUT2D eigenvalue weighted by molar-refractivity contribution is 7.13. The van der Waals surface area contributed by atoms with Crippen LogP contribution in [-0.2, 0) is 16.1 Å². The molecule has 0 radical (unpaired) electrons. The minimum absolute atomic E-state index is 0.264. The van der Waals surface area contributed by atoms with Gasteiger partial charge in [-0.05, 0) is 35.6 Å². The van der Waals surface area contributed by atoms with E-state index < -0.39 is 0 Å². The van der Waals surface area contributed by atoms with Gasteiger partial charge in [0.15, 0.2) is 17.2 Å². The van der Waals surface area contributed by atoms with Crippen molar-refractivity contribution in [3.05, 3.63) is 46.2 Å². The highest BCUT2D eigenvalue weighted by atomic mass is 32.1. The molecule has 0 aliphatic heterocycles. The molecule has 0 unspecified atom stereocenters. The Morgan fingerprint density at radius 1 is 1.17 bits per heavy atom. The van der Waals surface area contributed by atoms with E-state index in [2.05, 4.69) is 10.5 Å². The van der Waals surface area contributed by atoms with Gasteiger partial charge in [-0.15, -0.1) is 11.3 Å². The summed E-state index contributed by atoms with van der Waals surface area (Å²) in [6, 6.07) is 9.38. The SMILES string of the molecule is CO/N=C(\C(=O)NCCc1ccc(OC)c(OC)c1)c1cccs1. The summed E-state index contributed by atoms with van der Waals surface area (Å²) in [7, 11) is 4.61. The molecule has 0 spiro atoms. The van der Waals surface area contributed by atoms with E-state index in [0.29, 0.717) is 24.5 Å². The lowest BCUT2D eigenvalue weighted by molar-refractivity contribution is -0.114. The zero-order valence-corrected chi connectivity index (χ0v) is 14.7. The number of methoxy groups -OCH3 is 2. The first-order chi connectivity index (χ1) is 11.7. The second-order valence-electron chi connectivity index (χ2n) is 4.80. The Hall–Kier alpha value is -2.54. The number of thiophene rings is 1. The van der Waals surface area contributed by atoms with Crippen molar-refractivity contribution in [2.45, 2.75) is 6.42 Å². The van der Waals surface area contributed by atoms with Gasteiger partial charge in [-0.3, -0.25) is 4.79 Å². The number of ether oxygens (including phenoxy) is 2. The summed E-state index contributed by atoms with van der Waals surface area (Å²) in [4.78, 5) is 17.8. The molecular weight excluding hydrogens is 328 g/mol. The van der Waals surface area contributed by atoms with Crippen LogP contribution in [0, 0.1) is 0 Å². The van der Waals surface area contributed by atoms with Gasteiger partial charge in [0, 0.05) is 6.54 Å². The van der Waals surface area contributed by atoms with E-state index in [1.54, 1.807) is 14.2 Å². The van der Waals surface area contributed by atoms with Gasteiger partial charge in [0.25, 0.3) is 5.91 Å². The topological polar surface area (TPSA) is 69.2 Å². The molecule has 1 aromatic heterocycles. The van der Waals surface area contributed by atoms with Gasteiger partial charge in [-0.2, -0.15) is 0 Å². The third kappa shape index (κ3) is 4.48. The number of nitrogens with one attached hydrogen (secondary N) is 1. The summed E-state index contributed by atoms with van der Waals surface area (Å²) in [6.07, 6.45) is 0.663. The number of carbonyl (C=O) groups excluding carboxylic acids is 1. The van der Waals surface area contributed by atoms with Crippen molar-refractivity contribution in [1.29, 1.82) is 0 Å². The van der Waals surface area contributed by atoms with E-state index in [9.17, 15) is 4.79 Å². The van der Waals surface area contributed by atoms with Gasteiger partial charge < -0.3 is 19.6 Å². The molecule has 1 amide bonds. The molecule has 128 valence electrons. The summed E-state index contributed by atoms with van der Waals surface area (Å²) in [5, 5.41) is 8.56. The summed E-state index contributed by atoms with van der Waals surface area (Å²) in [5.41, 5.74) is 1.31. The average Bonchev–Trinajstić information content (AvgIpc) is 3.13. The van der Waals surface area contributed by atoms with Crippen LogP contribution in [0.4, 0.5) is 0 Å². The lowest BCUT2D eigenvalue weighted by Gasteiger charge is -2.10. The van der Waals surface area contributed by atoms with E-state index in [0.717, 1.165) is 10.4 Å². The summed E-state index contributed by atoms with van der Waals surface area (Å²) < 4.78 is 10.5. The zero-order chi connectivity index (χ0) is 17.4. The summed E-state index contributed by atoms with van der Waals surface area (Å²) in [5.74, 6) is 1.08. The Balaban J connectivity index is 1.96. The molecule has 2 rings (SSSR count). The predicted octanol–water partition coefficient (Wildman–Crippen LogP) is 2.47. The third-order valence-corrected chi connectivity index (χ3v) is 4.18. The number of hydrogen-bond acceptors (Lipinski definition) is 6. The molecule has 6 nitrogen and oxygen atoms in total. The molecule has 0 saturated carbocycles. The van der Waals surface area contributed by atoms with E-state index in [1.165, 1.54) is 18.4 Å². The van der Waals surface area contributed by atoms with Crippen molar-refractivity contribution in [2.75, 3.05) is 27.9 Å². The fraction of sp³-hybridized carbons (Fsp3) is 0.294. The van der Waals surface area contributed by atoms with E-state index in [1.807, 2.05) is 35.7 Å². The molecule has 1 N–H and O–H groups in total. The van der Waals surface area contributed by atoms with E-state index in [4.69, 9.17) is 14.3 Å². The van der Waals surface area contributed by atoms with Gasteiger partial charge >= 0.3 is 0 Å². The lowest BCUT2D eigenvalue weighted by Crippen LogP contribution is -2.33. The van der Waals surface area contributed by atoms with Crippen LogP contribution in [0.2, 0.25) is 0 Å². The minimum atomic E-state index is -0.264. The molecule has 0 fully saturated rings. The highest BCUT2D eigenvalue weighted by Crippen LogP contribution is 2.27. The monoisotopic (exact) mass is 348 g/mol. The second-order valence-corrected chi connectivity index (χ2v) is 5.74. The maximum atomic E-state index is 12.3. The first-order valence-corrected chi connectivity index (χ1v) is 8.21. The van der Waals surface area contributed by atoms with Gasteiger partial charge in [-0.25, -0.2) is 0 Å². The molecule has 0 saturated heterocycles. The Bertz CT molecular complexity index is 699. The van der Waals surface area contributed by atoms with Crippen LogP contribution in [0.1, 0.15) is 10.4 Å². The van der Waals surface area contributed by atoms with Crippen LogP contribution >= 0.6 is 11.3 Å². The number of nitrogens with zero attached hydrogens (tertiary/aromatic N) is 1. The van der Waals surface area contributed by atoms with Crippen LogP contribution in [-0.4, -0.2) is 39.5 Å². The Morgan fingerprint density at radius 2 is 1.96 bits per heavy atom. The smallest absolute Gasteiger partial charge is 0.274 e. The third-order valence-electron chi connectivity index (χ3n) is 3.30. The Morgan fingerprint density at radius 3 is 2.58 bits per heavy atom. The summed E-state index contributed by atoms with van der Waals surface area (Å²) >= 11 is 1.44. The maximum absolute atomic E-state index is 12.3. The number of amides is 1. The maximum Gasteiger partial charge on any atom is 0.274 e. The van der Waals surface area contributed by atoms with Crippen LogP contribution in [0.25, 0.3) is 0 Å². The lowest BCUT2D eigenvalue weighted by atomic mass is 10.1. The van der Waals surface area contributed by atoms with Crippen LogP contribution in [0.5, 0.6) is 11.5 Å². The first-order valence-electron chi connectivity index (χ1n) is 7.33. The van der Waals surface area contributed by atoms with Crippen molar-refractivity contribution in [2.24, 2.45) is 5.16 Å². The number of oxime groups is 1. The Labute approximate surface area is 145 Å². The summed E-state index contributed by atoms with van der Waals surface area (Å²) in [6.45, 7) is 0.475. The second kappa shape index (κ2) is 8.93. The number of hydrogen-bond donors (Lipinski definition) is 1. The van der Waals surface area contributed by atoms with Gasteiger partial charge in [0.1, 0.15) is 7.11 Å². The predicted molar refractivity (Wildman–Crippen MR) is 94.1 cm³/mol. The highest BCUT2D eigenvalue weighted by Gasteiger charge is 2.15. The standard InChI is InChI=1S/C17H20N2O4S/c1-21-13-7-6-12(11-14(13)22-2)8-9-18-17(20)16(19-23-3)15-5-4-10-24-15/h4-7,10-11H,8-9H2,1-3H3,(H,18,20)/b19-16-. The van der Waals surface area contributed by atoms with E-state index >= 15 is 0 Å². The quantitative estimate of drug-likeness (QED) is 0.588. The van der Waals surface area contributed by atoms with Gasteiger partial charge in [0.05, 0.1) is 19.1 Å². The van der Waals surface area contributed by atoms with Crippen molar-refractivity contribution in [3.63, 3.8) is 0 Å². The molecule has 1 aromatic carbocycles. The number of carbonyl (C=O) groups is 1. The van der Waals surface area contributed by atoms with Crippen LogP contribution in [0.15, 0.2) is 40.9 Å². The number of benzene rings is 1.